The quantitative estimate of drug-likeness (QED) is 0.139. The summed E-state index contributed by atoms with van der Waals surface area (Å²) in [6.45, 7) is 5.44. The van der Waals surface area contributed by atoms with E-state index in [1.165, 1.54) is 29.1 Å². The molecule has 7 nitrogen and oxygen atoms in total. The van der Waals surface area contributed by atoms with Crippen molar-refractivity contribution in [2.75, 3.05) is 6.61 Å². The number of benzene rings is 2. The molecule has 4 rings (SSSR count). The Kier molecular flexibility index (Phi) is 6.51. The summed E-state index contributed by atoms with van der Waals surface area (Å²) in [5, 5.41) is 11.6. The maximum atomic E-state index is 13.1. The first kappa shape index (κ1) is 23.3. The molecule has 0 amide bonds. The fourth-order valence-corrected chi connectivity index (χ4v) is 4.67. The summed E-state index contributed by atoms with van der Waals surface area (Å²) in [7, 11) is 0. The van der Waals surface area contributed by atoms with E-state index in [1.807, 2.05) is 38.1 Å². The number of Topliss-reactive ketones (excluding diaryl/α,β-unsaturated/α-hetero) is 1. The number of ketones is 1. The predicted octanol–water partition coefficient (Wildman–Crippen LogP) is 6.09. The molecule has 0 unspecified atom stereocenters. The molecule has 0 saturated carbocycles. The highest BCUT2D eigenvalue weighted by molar-refractivity contribution is 7.15. The molecular formula is C26H22N2O5S. The van der Waals surface area contributed by atoms with Crippen molar-refractivity contribution in [1.82, 2.24) is 4.98 Å². The van der Waals surface area contributed by atoms with Crippen molar-refractivity contribution in [2.24, 2.45) is 0 Å². The summed E-state index contributed by atoms with van der Waals surface area (Å²) in [5.41, 5.74) is 3.52. The fourth-order valence-electron chi connectivity index (χ4n) is 3.77. The second-order valence-corrected chi connectivity index (χ2v) is 9.13. The number of pyridine rings is 1. The van der Waals surface area contributed by atoms with Crippen LogP contribution in [-0.2, 0) is 11.2 Å². The number of thiophene rings is 1. The van der Waals surface area contributed by atoms with Gasteiger partial charge in [-0.25, -0.2) is 9.78 Å². The number of esters is 1. The number of aromatic nitrogens is 1. The maximum absolute atomic E-state index is 13.1. The number of ether oxygens (including phenoxy) is 1. The minimum absolute atomic E-state index is 0.111. The second kappa shape index (κ2) is 9.52. The van der Waals surface area contributed by atoms with Crippen molar-refractivity contribution in [1.29, 1.82) is 0 Å². The number of fused-ring (bicyclic) bond motifs is 1. The Morgan fingerprint density at radius 3 is 2.59 bits per heavy atom. The molecule has 34 heavy (non-hydrogen) atoms. The predicted molar refractivity (Wildman–Crippen MR) is 132 cm³/mol. The molecule has 2 aromatic heterocycles. The number of nitro groups is 1. The number of nitro benzene ring substituents is 1. The highest BCUT2D eigenvalue weighted by Crippen LogP contribution is 2.32. The van der Waals surface area contributed by atoms with Gasteiger partial charge in [0.15, 0.2) is 6.61 Å². The highest BCUT2D eigenvalue weighted by Gasteiger charge is 2.20. The van der Waals surface area contributed by atoms with Crippen molar-refractivity contribution < 1.29 is 19.2 Å². The van der Waals surface area contributed by atoms with Gasteiger partial charge in [-0.15, -0.1) is 11.3 Å². The first-order valence-electron chi connectivity index (χ1n) is 10.7. The Morgan fingerprint density at radius 2 is 1.88 bits per heavy atom. The second-order valence-electron chi connectivity index (χ2n) is 7.96. The number of non-ortho nitro benzene ring substituents is 1. The third-order valence-corrected chi connectivity index (χ3v) is 6.70. The number of rotatable bonds is 7. The lowest BCUT2D eigenvalue weighted by Gasteiger charge is -2.12. The number of hydrogen-bond donors (Lipinski definition) is 0. The summed E-state index contributed by atoms with van der Waals surface area (Å²) in [5.74, 6) is -1.17. The molecule has 2 heterocycles. The minimum Gasteiger partial charge on any atom is -0.454 e. The van der Waals surface area contributed by atoms with E-state index in [-0.39, 0.29) is 11.3 Å². The zero-order valence-electron chi connectivity index (χ0n) is 19.0. The molecule has 0 bridgehead atoms. The largest absolute Gasteiger partial charge is 0.454 e. The van der Waals surface area contributed by atoms with Crippen LogP contribution in [-0.4, -0.2) is 28.3 Å². The SMILES string of the molecule is CCc1ccc(-c2cc(C(=O)OCC(=O)c3cccc([N+](=O)[O-])c3)c3cc(C)cc(C)c3n2)s1. The number of nitrogens with zero attached hydrogens (tertiary/aromatic N) is 2. The molecule has 2 aromatic carbocycles. The number of hydrogen-bond acceptors (Lipinski definition) is 7. The first-order chi connectivity index (χ1) is 16.3. The van der Waals surface area contributed by atoms with Gasteiger partial charge in [0.25, 0.3) is 5.69 Å². The van der Waals surface area contributed by atoms with Gasteiger partial charge in [0, 0.05) is 28.0 Å². The smallest absolute Gasteiger partial charge is 0.339 e. The third-order valence-electron chi connectivity index (χ3n) is 5.44. The molecule has 0 atom stereocenters. The molecule has 0 saturated heterocycles. The van der Waals surface area contributed by atoms with Gasteiger partial charge in [-0.3, -0.25) is 14.9 Å². The van der Waals surface area contributed by atoms with Gasteiger partial charge < -0.3 is 4.74 Å². The lowest BCUT2D eigenvalue weighted by atomic mass is 10.0. The summed E-state index contributed by atoms with van der Waals surface area (Å²) < 4.78 is 5.37. The standard InChI is InChI=1S/C26H22N2O5S/c1-4-19-8-9-24(34-19)22-13-21(20-11-15(2)10-16(3)25(20)27-22)26(30)33-14-23(29)17-6-5-7-18(12-17)28(31)32/h5-13H,4,14H2,1-3H3. The van der Waals surface area contributed by atoms with Crippen molar-refractivity contribution in [3.05, 3.63) is 91.8 Å². The average Bonchev–Trinajstić information content (AvgIpc) is 3.31. The Hall–Kier alpha value is -3.91. The van der Waals surface area contributed by atoms with Crippen LogP contribution in [0, 0.1) is 24.0 Å². The van der Waals surface area contributed by atoms with Crippen molar-refractivity contribution in [3.63, 3.8) is 0 Å². The summed E-state index contributed by atoms with van der Waals surface area (Å²) in [6.07, 6.45) is 0.908. The number of aryl methyl sites for hydroxylation is 3. The van der Waals surface area contributed by atoms with E-state index in [4.69, 9.17) is 9.72 Å². The van der Waals surface area contributed by atoms with Gasteiger partial charge in [0.05, 0.1) is 26.6 Å². The van der Waals surface area contributed by atoms with Crippen LogP contribution in [0.4, 0.5) is 5.69 Å². The fraction of sp³-hybridized carbons (Fsp3) is 0.192. The third kappa shape index (κ3) is 4.72. The van der Waals surface area contributed by atoms with Crippen LogP contribution >= 0.6 is 11.3 Å². The minimum atomic E-state index is -0.648. The van der Waals surface area contributed by atoms with Gasteiger partial charge in [0.1, 0.15) is 0 Å². The molecule has 172 valence electrons. The van der Waals surface area contributed by atoms with E-state index >= 15 is 0 Å². The van der Waals surface area contributed by atoms with Crippen LogP contribution in [0.15, 0.2) is 54.6 Å². The van der Waals surface area contributed by atoms with Gasteiger partial charge in [0.2, 0.25) is 5.78 Å². The Labute approximate surface area is 200 Å². The maximum Gasteiger partial charge on any atom is 0.339 e. The topological polar surface area (TPSA) is 99.4 Å². The van der Waals surface area contributed by atoms with Crippen LogP contribution < -0.4 is 0 Å². The van der Waals surface area contributed by atoms with Crippen LogP contribution in [0.2, 0.25) is 0 Å². The summed E-state index contributed by atoms with van der Waals surface area (Å²) in [4.78, 5) is 43.0. The van der Waals surface area contributed by atoms with Crippen LogP contribution in [0.1, 0.15) is 43.6 Å². The van der Waals surface area contributed by atoms with E-state index < -0.39 is 23.3 Å². The lowest BCUT2D eigenvalue weighted by Crippen LogP contribution is -2.15. The van der Waals surface area contributed by atoms with Crippen molar-refractivity contribution in [2.45, 2.75) is 27.2 Å². The van der Waals surface area contributed by atoms with E-state index in [2.05, 4.69) is 6.92 Å². The van der Waals surface area contributed by atoms with Crippen LogP contribution in [0.5, 0.6) is 0 Å². The van der Waals surface area contributed by atoms with E-state index in [0.29, 0.717) is 22.2 Å². The molecule has 0 aliphatic rings. The first-order valence-corrected chi connectivity index (χ1v) is 11.5. The Bertz CT molecular complexity index is 1440. The average molecular weight is 475 g/mol. The molecule has 0 spiro atoms. The van der Waals surface area contributed by atoms with Crippen LogP contribution in [0.25, 0.3) is 21.5 Å². The Morgan fingerprint density at radius 1 is 1.09 bits per heavy atom. The van der Waals surface area contributed by atoms with Gasteiger partial charge in [-0.1, -0.05) is 30.7 Å². The van der Waals surface area contributed by atoms with E-state index in [9.17, 15) is 19.7 Å². The number of carbonyl (C=O) groups excluding carboxylic acids is 2. The highest BCUT2D eigenvalue weighted by atomic mass is 32.1. The van der Waals surface area contributed by atoms with E-state index in [1.54, 1.807) is 17.4 Å². The van der Waals surface area contributed by atoms with Gasteiger partial charge in [-0.2, -0.15) is 0 Å². The normalized spacial score (nSPS) is 10.9. The zero-order chi connectivity index (χ0) is 24.4. The molecule has 4 aromatic rings. The number of carbonyl (C=O) groups is 2. The Balaban J connectivity index is 1.68. The van der Waals surface area contributed by atoms with Gasteiger partial charge in [-0.05, 0) is 50.1 Å². The summed E-state index contributed by atoms with van der Waals surface area (Å²) >= 11 is 1.62. The molecule has 0 aliphatic heterocycles. The molecule has 0 radical (unpaired) electrons. The van der Waals surface area contributed by atoms with Crippen LogP contribution in [0.3, 0.4) is 0 Å². The van der Waals surface area contributed by atoms with Crippen molar-refractivity contribution in [3.8, 4) is 10.6 Å². The lowest BCUT2D eigenvalue weighted by molar-refractivity contribution is -0.384. The van der Waals surface area contributed by atoms with Crippen molar-refractivity contribution >= 4 is 39.7 Å². The molecule has 8 heteroatoms. The molecule has 0 fully saturated rings. The zero-order valence-corrected chi connectivity index (χ0v) is 19.8. The van der Waals surface area contributed by atoms with Gasteiger partial charge >= 0.3 is 5.97 Å². The summed E-state index contributed by atoms with van der Waals surface area (Å²) in [6, 6.07) is 15.0. The monoisotopic (exact) mass is 474 g/mol. The van der Waals surface area contributed by atoms with E-state index in [0.717, 1.165) is 22.4 Å². The molecule has 0 aliphatic carbocycles. The molecular weight excluding hydrogens is 452 g/mol. The molecule has 0 N–H and O–H groups in total.